The molecule has 2 atom stereocenters. The number of hydrogen-bond donors (Lipinski definition) is 0. The Morgan fingerprint density at radius 3 is 1.77 bits per heavy atom. The summed E-state index contributed by atoms with van der Waals surface area (Å²) in [5, 5.41) is 0. The van der Waals surface area contributed by atoms with Gasteiger partial charge in [0.05, 0.1) is 14.5 Å². The molecule has 5 nitrogen and oxygen atoms in total. The molecule has 0 saturated heterocycles. The van der Waals surface area contributed by atoms with Gasteiger partial charge in [-0.15, -0.1) is 0 Å². The van der Waals surface area contributed by atoms with E-state index in [-0.39, 0.29) is 29.6 Å². The number of ketones is 2. The van der Waals surface area contributed by atoms with E-state index >= 15 is 0 Å². The molecule has 0 aliphatic rings. The van der Waals surface area contributed by atoms with Gasteiger partial charge in [-0.2, -0.15) is 4.31 Å². The van der Waals surface area contributed by atoms with E-state index in [1.54, 1.807) is 18.2 Å². The molecule has 0 radical (unpaired) electrons. The predicted molar refractivity (Wildman–Crippen MR) is 92.0 cm³/mol. The highest BCUT2D eigenvalue weighted by Crippen LogP contribution is 2.19. The van der Waals surface area contributed by atoms with E-state index in [1.165, 1.54) is 26.0 Å². The van der Waals surface area contributed by atoms with Crippen LogP contribution in [0.25, 0.3) is 0 Å². The minimum atomic E-state index is -3.79. The van der Waals surface area contributed by atoms with E-state index in [2.05, 4.69) is 31.9 Å². The molecule has 122 valence electrons. The van der Waals surface area contributed by atoms with Crippen LogP contribution in [0.3, 0.4) is 0 Å². The highest BCUT2D eigenvalue weighted by molar-refractivity contribution is 9.10. The zero-order valence-corrected chi connectivity index (χ0v) is 16.2. The molecular formula is C14H17Br2NO4S. The fourth-order valence-electron chi connectivity index (χ4n) is 1.63. The van der Waals surface area contributed by atoms with Crippen molar-refractivity contribution >= 4 is 53.4 Å². The van der Waals surface area contributed by atoms with Crippen LogP contribution in [0.1, 0.15) is 13.8 Å². The third-order valence-electron chi connectivity index (χ3n) is 2.99. The zero-order valence-electron chi connectivity index (χ0n) is 12.2. The number of hydrogen-bond acceptors (Lipinski definition) is 4. The highest BCUT2D eigenvalue weighted by Gasteiger charge is 2.30. The van der Waals surface area contributed by atoms with Crippen molar-refractivity contribution in [2.45, 2.75) is 28.4 Å². The van der Waals surface area contributed by atoms with E-state index in [1.807, 2.05) is 0 Å². The third kappa shape index (κ3) is 5.26. The molecule has 0 N–H and O–H groups in total. The Labute approximate surface area is 147 Å². The molecule has 0 bridgehead atoms. The first-order chi connectivity index (χ1) is 10.2. The van der Waals surface area contributed by atoms with Crippen LogP contribution >= 0.6 is 31.9 Å². The van der Waals surface area contributed by atoms with Gasteiger partial charge < -0.3 is 0 Å². The van der Waals surface area contributed by atoms with Crippen molar-refractivity contribution in [3.8, 4) is 0 Å². The van der Waals surface area contributed by atoms with Gasteiger partial charge in [0.25, 0.3) is 0 Å². The minimum Gasteiger partial charge on any atom is -0.299 e. The van der Waals surface area contributed by atoms with Crippen molar-refractivity contribution in [3.05, 3.63) is 30.3 Å². The maximum Gasteiger partial charge on any atom is 0.243 e. The SMILES string of the molecule is CC(=O)C(Br)CN(CC(Br)C(C)=O)S(=O)(=O)c1ccccc1. The number of Topliss-reactive ketones (excluding diaryl/α,β-unsaturated/α-hetero) is 2. The Balaban J connectivity index is 3.13. The molecule has 0 aliphatic carbocycles. The van der Waals surface area contributed by atoms with E-state index in [9.17, 15) is 18.0 Å². The summed E-state index contributed by atoms with van der Waals surface area (Å²) in [6.07, 6.45) is 0. The fourth-order valence-corrected chi connectivity index (χ4v) is 4.20. The summed E-state index contributed by atoms with van der Waals surface area (Å²) in [7, 11) is -3.79. The largest absolute Gasteiger partial charge is 0.299 e. The van der Waals surface area contributed by atoms with Gasteiger partial charge in [-0.1, -0.05) is 50.1 Å². The van der Waals surface area contributed by atoms with E-state index in [4.69, 9.17) is 0 Å². The first kappa shape index (κ1) is 19.5. The zero-order chi connectivity index (χ0) is 16.9. The van der Waals surface area contributed by atoms with Crippen LogP contribution in [0.15, 0.2) is 35.2 Å². The summed E-state index contributed by atoms with van der Waals surface area (Å²) in [4.78, 5) is 21.7. The second-order valence-electron chi connectivity index (χ2n) is 4.79. The van der Waals surface area contributed by atoms with Crippen LogP contribution in [0.4, 0.5) is 0 Å². The normalized spacial score (nSPS) is 14.6. The van der Waals surface area contributed by atoms with Gasteiger partial charge in [0.1, 0.15) is 11.6 Å². The maximum atomic E-state index is 12.7. The molecule has 0 heterocycles. The highest BCUT2D eigenvalue weighted by atomic mass is 79.9. The summed E-state index contributed by atoms with van der Waals surface area (Å²) >= 11 is 6.36. The maximum absolute atomic E-state index is 12.7. The van der Waals surface area contributed by atoms with Crippen LogP contribution in [-0.2, 0) is 19.6 Å². The lowest BCUT2D eigenvalue weighted by atomic mass is 10.3. The number of carbonyl (C=O) groups excluding carboxylic acids is 2. The van der Waals surface area contributed by atoms with Crippen LogP contribution < -0.4 is 0 Å². The van der Waals surface area contributed by atoms with Gasteiger partial charge in [0.2, 0.25) is 10.0 Å². The Bertz CT molecular complexity index is 612. The summed E-state index contributed by atoms with van der Waals surface area (Å²) < 4.78 is 26.6. The molecule has 1 aromatic carbocycles. The number of alkyl halides is 2. The molecule has 1 aromatic rings. The lowest BCUT2D eigenvalue weighted by Gasteiger charge is -2.25. The number of benzene rings is 1. The Morgan fingerprint density at radius 2 is 1.41 bits per heavy atom. The van der Waals surface area contributed by atoms with Crippen LogP contribution in [0, 0.1) is 0 Å². The average Bonchev–Trinajstić information content (AvgIpc) is 2.46. The Morgan fingerprint density at radius 1 is 1.00 bits per heavy atom. The van der Waals surface area contributed by atoms with Crippen molar-refractivity contribution in [2.75, 3.05) is 13.1 Å². The number of sulfonamides is 1. The average molecular weight is 455 g/mol. The predicted octanol–water partition coefficient (Wildman–Crippen LogP) is 2.38. The second kappa shape index (κ2) is 8.33. The lowest BCUT2D eigenvalue weighted by molar-refractivity contribution is -0.116. The standard InChI is InChI=1S/C14H17Br2NO4S/c1-10(18)13(15)8-17(9-14(16)11(2)19)22(20,21)12-6-4-3-5-7-12/h3-7,13-14H,8-9H2,1-2H3. The van der Waals surface area contributed by atoms with Gasteiger partial charge in [-0.05, 0) is 26.0 Å². The molecule has 0 aromatic heterocycles. The molecule has 0 aliphatic heterocycles. The van der Waals surface area contributed by atoms with Gasteiger partial charge in [0, 0.05) is 13.1 Å². The molecule has 1 rings (SSSR count). The summed E-state index contributed by atoms with van der Waals surface area (Å²) in [5.74, 6) is -0.357. The Kier molecular flexibility index (Phi) is 7.37. The lowest BCUT2D eigenvalue weighted by Crippen LogP contribution is -2.42. The third-order valence-corrected chi connectivity index (χ3v) is 6.71. The van der Waals surface area contributed by atoms with Crippen LogP contribution in [-0.4, -0.2) is 47.0 Å². The second-order valence-corrected chi connectivity index (χ2v) is 8.94. The smallest absolute Gasteiger partial charge is 0.243 e. The van der Waals surface area contributed by atoms with E-state index < -0.39 is 19.7 Å². The van der Waals surface area contributed by atoms with E-state index in [0.717, 1.165) is 4.31 Å². The van der Waals surface area contributed by atoms with E-state index in [0.29, 0.717) is 0 Å². The molecular weight excluding hydrogens is 438 g/mol. The quantitative estimate of drug-likeness (QED) is 0.565. The topological polar surface area (TPSA) is 71.5 Å². The summed E-state index contributed by atoms with van der Waals surface area (Å²) in [6, 6.07) is 7.93. The first-order valence-corrected chi connectivity index (χ1v) is 9.77. The van der Waals surface area contributed by atoms with Crippen LogP contribution in [0.2, 0.25) is 0 Å². The van der Waals surface area contributed by atoms with Crippen molar-refractivity contribution in [1.29, 1.82) is 0 Å². The number of rotatable bonds is 8. The summed E-state index contributed by atoms with van der Waals surface area (Å²) in [5.41, 5.74) is 0. The molecule has 0 saturated carbocycles. The molecule has 22 heavy (non-hydrogen) atoms. The van der Waals surface area contributed by atoms with Crippen molar-refractivity contribution in [1.82, 2.24) is 4.31 Å². The van der Waals surface area contributed by atoms with Crippen molar-refractivity contribution in [2.24, 2.45) is 0 Å². The van der Waals surface area contributed by atoms with Gasteiger partial charge in [0.15, 0.2) is 0 Å². The molecule has 0 fully saturated rings. The molecule has 0 amide bonds. The molecule has 0 spiro atoms. The molecule has 8 heteroatoms. The fraction of sp³-hybridized carbons (Fsp3) is 0.429. The molecule has 2 unspecified atom stereocenters. The number of carbonyl (C=O) groups is 2. The van der Waals surface area contributed by atoms with Crippen molar-refractivity contribution < 1.29 is 18.0 Å². The Hall–Kier alpha value is -0.570. The van der Waals surface area contributed by atoms with Gasteiger partial charge in [-0.3, -0.25) is 9.59 Å². The van der Waals surface area contributed by atoms with Gasteiger partial charge in [-0.25, -0.2) is 8.42 Å². The minimum absolute atomic E-state index is 0.0397. The number of nitrogens with zero attached hydrogens (tertiary/aromatic N) is 1. The van der Waals surface area contributed by atoms with Gasteiger partial charge >= 0.3 is 0 Å². The van der Waals surface area contributed by atoms with Crippen molar-refractivity contribution in [3.63, 3.8) is 0 Å². The summed E-state index contributed by atoms with van der Waals surface area (Å²) in [6.45, 7) is 2.68. The number of halogens is 2. The first-order valence-electron chi connectivity index (χ1n) is 6.50. The monoisotopic (exact) mass is 453 g/mol. The van der Waals surface area contributed by atoms with Crippen LogP contribution in [0.5, 0.6) is 0 Å².